The van der Waals surface area contributed by atoms with Gasteiger partial charge in [-0.05, 0) is 43.3 Å². The molecule has 2 N–H and O–H groups in total. The molecule has 0 radical (unpaired) electrons. The lowest BCUT2D eigenvalue weighted by Crippen LogP contribution is -1.95. The average Bonchev–Trinajstić information content (AvgIpc) is 3.01. The number of nitrogens with one attached hydrogen (secondary N) is 2. The molecule has 0 spiro atoms. The second-order valence-corrected chi connectivity index (χ2v) is 5.49. The van der Waals surface area contributed by atoms with Crippen LogP contribution in [0.5, 0.6) is 5.75 Å². The Hall–Kier alpha value is -3.08. The highest BCUT2D eigenvalue weighted by atomic mass is 16.5. The van der Waals surface area contributed by atoms with Crippen LogP contribution in [0, 0.1) is 6.92 Å². The van der Waals surface area contributed by atoms with Gasteiger partial charge in [0.05, 0.1) is 24.3 Å². The average molecular weight is 304 g/mol. The van der Waals surface area contributed by atoms with E-state index in [0.29, 0.717) is 0 Å². The van der Waals surface area contributed by atoms with Gasteiger partial charge >= 0.3 is 0 Å². The molecule has 4 aromatic rings. The number of aryl methyl sites for hydroxylation is 1. The lowest BCUT2D eigenvalue weighted by atomic mass is 10.1. The monoisotopic (exact) mass is 304 g/mol. The minimum absolute atomic E-state index is 0.806. The van der Waals surface area contributed by atoms with E-state index in [1.807, 2.05) is 55.6 Å². The van der Waals surface area contributed by atoms with Gasteiger partial charge in [0, 0.05) is 33.9 Å². The molecule has 0 saturated heterocycles. The van der Waals surface area contributed by atoms with E-state index in [-0.39, 0.29) is 0 Å². The fourth-order valence-electron chi connectivity index (χ4n) is 2.74. The second-order valence-electron chi connectivity index (χ2n) is 5.49. The van der Waals surface area contributed by atoms with Gasteiger partial charge in [0.1, 0.15) is 5.75 Å². The van der Waals surface area contributed by atoms with Crippen LogP contribution in [0.2, 0.25) is 0 Å². The van der Waals surface area contributed by atoms with Crippen LogP contribution in [0.3, 0.4) is 0 Å². The molecule has 0 bridgehead atoms. The van der Waals surface area contributed by atoms with E-state index in [0.717, 1.165) is 44.6 Å². The molecule has 5 heteroatoms. The Kier molecular flexibility index (Phi) is 3.12. The van der Waals surface area contributed by atoms with E-state index in [9.17, 15) is 0 Å². The molecule has 0 aliphatic carbocycles. The van der Waals surface area contributed by atoms with Crippen molar-refractivity contribution in [1.29, 1.82) is 0 Å². The Morgan fingerprint density at radius 1 is 1.09 bits per heavy atom. The molecule has 0 amide bonds. The molecule has 114 valence electrons. The molecule has 0 atom stereocenters. The van der Waals surface area contributed by atoms with Crippen molar-refractivity contribution >= 4 is 33.2 Å². The van der Waals surface area contributed by atoms with E-state index in [4.69, 9.17) is 4.74 Å². The van der Waals surface area contributed by atoms with E-state index >= 15 is 0 Å². The highest BCUT2D eigenvalue weighted by molar-refractivity contribution is 5.94. The van der Waals surface area contributed by atoms with Gasteiger partial charge in [0.15, 0.2) is 0 Å². The maximum absolute atomic E-state index is 5.29. The van der Waals surface area contributed by atoms with Gasteiger partial charge in [-0.3, -0.25) is 10.1 Å². The first-order valence-corrected chi connectivity index (χ1v) is 7.38. The van der Waals surface area contributed by atoms with Crippen LogP contribution in [0.4, 0.5) is 11.4 Å². The van der Waals surface area contributed by atoms with Crippen LogP contribution in [-0.2, 0) is 0 Å². The van der Waals surface area contributed by atoms with Crippen molar-refractivity contribution < 1.29 is 4.74 Å². The fourth-order valence-corrected chi connectivity index (χ4v) is 2.74. The zero-order chi connectivity index (χ0) is 15.8. The van der Waals surface area contributed by atoms with Gasteiger partial charge in [-0.2, -0.15) is 5.10 Å². The van der Waals surface area contributed by atoms with Crippen molar-refractivity contribution in [1.82, 2.24) is 15.2 Å². The molecule has 0 aliphatic heterocycles. The Morgan fingerprint density at radius 2 is 2.00 bits per heavy atom. The number of hydrogen-bond donors (Lipinski definition) is 2. The first-order chi connectivity index (χ1) is 11.2. The number of hydrogen-bond acceptors (Lipinski definition) is 4. The third-order valence-corrected chi connectivity index (χ3v) is 3.87. The van der Waals surface area contributed by atoms with Gasteiger partial charge in [-0.15, -0.1) is 0 Å². The number of H-pyrrole nitrogens is 1. The Balaban J connectivity index is 1.80. The smallest absolute Gasteiger partial charge is 0.121 e. The van der Waals surface area contributed by atoms with Gasteiger partial charge in [0.25, 0.3) is 0 Å². The van der Waals surface area contributed by atoms with Crippen molar-refractivity contribution in [2.75, 3.05) is 12.4 Å². The molecule has 23 heavy (non-hydrogen) atoms. The topological polar surface area (TPSA) is 62.8 Å². The predicted molar refractivity (Wildman–Crippen MR) is 92.4 cm³/mol. The molecule has 2 aromatic carbocycles. The first-order valence-electron chi connectivity index (χ1n) is 7.38. The lowest BCUT2D eigenvalue weighted by molar-refractivity contribution is 0.415. The van der Waals surface area contributed by atoms with Gasteiger partial charge in [-0.1, -0.05) is 0 Å². The number of nitrogens with zero attached hydrogens (tertiary/aromatic N) is 2. The summed E-state index contributed by atoms with van der Waals surface area (Å²) in [5.41, 5.74) is 4.90. The molecule has 0 unspecified atom stereocenters. The number of rotatable bonds is 3. The lowest BCUT2D eigenvalue weighted by Gasteiger charge is -2.12. The summed E-state index contributed by atoms with van der Waals surface area (Å²) in [5, 5.41) is 12.7. The molecular formula is C18H16N4O. The van der Waals surface area contributed by atoms with Gasteiger partial charge in [0.2, 0.25) is 0 Å². The van der Waals surface area contributed by atoms with Crippen LogP contribution in [-0.4, -0.2) is 22.3 Å². The zero-order valence-electron chi connectivity index (χ0n) is 12.9. The first kappa shape index (κ1) is 13.6. The summed E-state index contributed by atoms with van der Waals surface area (Å²) in [6.07, 6.45) is 1.82. The van der Waals surface area contributed by atoms with Crippen LogP contribution >= 0.6 is 0 Å². The molecule has 2 heterocycles. The summed E-state index contributed by atoms with van der Waals surface area (Å²) < 4.78 is 5.29. The Morgan fingerprint density at radius 3 is 2.87 bits per heavy atom. The largest absolute Gasteiger partial charge is 0.497 e. The summed E-state index contributed by atoms with van der Waals surface area (Å²) in [4.78, 5) is 4.59. The molecule has 2 aromatic heterocycles. The SMILES string of the molecule is COc1ccc2c(Nc3ccc4cn[nH]c4c3)cc(C)nc2c1. The van der Waals surface area contributed by atoms with Crippen LogP contribution < -0.4 is 10.1 Å². The number of ether oxygens (including phenoxy) is 1. The zero-order valence-corrected chi connectivity index (χ0v) is 12.9. The fraction of sp³-hybridized carbons (Fsp3) is 0.111. The summed E-state index contributed by atoms with van der Waals surface area (Å²) in [7, 11) is 1.66. The van der Waals surface area contributed by atoms with Crippen LogP contribution in [0.15, 0.2) is 48.7 Å². The molecule has 4 rings (SSSR count). The van der Waals surface area contributed by atoms with Crippen molar-refractivity contribution in [3.8, 4) is 5.75 Å². The van der Waals surface area contributed by atoms with E-state index < -0.39 is 0 Å². The standard InChI is InChI=1S/C18H16N4O/c1-11-7-17(15-6-5-14(23-2)9-18(15)20-11)21-13-4-3-12-10-19-22-16(12)8-13/h3-10H,1-2H3,(H,19,22)(H,20,21). The second kappa shape index (κ2) is 5.28. The summed E-state index contributed by atoms with van der Waals surface area (Å²) in [6, 6.07) is 14.1. The highest BCUT2D eigenvalue weighted by Gasteiger charge is 2.07. The third-order valence-electron chi connectivity index (χ3n) is 3.87. The molecular weight excluding hydrogens is 288 g/mol. The Bertz CT molecular complexity index is 1010. The molecule has 5 nitrogen and oxygen atoms in total. The van der Waals surface area contributed by atoms with E-state index in [1.165, 1.54) is 0 Å². The number of benzene rings is 2. The number of methoxy groups -OCH3 is 1. The van der Waals surface area contributed by atoms with Crippen molar-refractivity contribution in [2.45, 2.75) is 6.92 Å². The quantitative estimate of drug-likeness (QED) is 0.596. The number of pyridine rings is 1. The summed E-state index contributed by atoms with van der Waals surface area (Å²) >= 11 is 0. The minimum atomic E-state index is 0.806. The summed E-state index contributed by atoms with van der Waals surface area (Å²) in [5.74, 6) is 0.806. The molecule has 0 aliphatic rings. The van der Waals surface area contributed by atoms with E-state index in [1.54, 1.807) is 7.11 Å². The van der Waals surface area contributed by atoms with Crippen molar-refractivity contribution in [3.63, 3.8) is 0 Å². The highest BCUT2D eigenvalue weighted by Crippen LogP contribution is 2.29. The minimum Gasteiger partial charge on any atom is -0.497 e. The normalized spacial score (nSPS) is 11.0. The molecule has 0 fully saturated rings. The van der Waals surface area contributed by atoms with Gasteiger partial charge in [-0.25, -0.2) is 0 Å². The number of aromatic amines is 1. The third kappa shape index (κ3) is 2.46. The maximum Gasteiger partial charge on any atom is 0.121 e. The Labute approximate surface area is 133 Å². The molecule has 0 saturated carbocycles. The van der Waals surface area contributed by atoms with Crippen molar-refractivity contribution in [3.05, 3.63) is 54.4 Å². The number of aromatic nitrogens is 3. The number of fused-ring (bicyclic) bond motifs is 2. The maximum atomic E-state index is 5.29. The summed E-state index contributed by atoms with van der Waals surface area (Å²) in [6.45, 7) is 1.99. The predicted octanol–water partition coefficient (Wildman–Crippen LogP) is 4.17. The van der Waals surface area contributed by atoms with Crippen LogP contribution in [0.25, 0.3) is 21.8 Å². The van der Waals surface area contributed by atoms with Crippen molar-refractivity contribution in [2.24, 2.45) is 0 Å². The van der Waals surface area contributed by atoms with Crippen LogP contribution in [0.1, 0.15) is 5.69 Å². The van der Waals surface area contributed by atoms with Gasteiger partial charge < -0.3 is 10.1 Å². The van der Waals surface area contributed by atoms with E-state index in [2.05, 4.69) is 20.5 Å². The number of anilines is 2.